The number of piperazine rings is 1. The Kier molecular flexibility index (Phi) is 5.57. The Morgan fingerprint density at radius 2 is 1.89 bits per heavy atom. The molecule has 0 aromatic heterocycles. The Labute approximate surface area is 107 Å². The quantitative estimate of drug-likeness (QED) is 0.536. The van der Waals surface area contributed by atoms with Crippen molar-refractivity contribution in [1.29, 1.82) is 0 Å². The van der Waals surface area contributed by atoms with Crippen LogP contribution in [0.5, 0.6) is 0 Å². The van der Waals surface area contributed by atoms with E-state index in [-0.39, 0.29) is 5.91 Å². The van der Waals surface area contributed by atoms with Crippen molar-refractivity contribution in [2.24, 2.45) is 10.3 Å². The summed E-state index contributed by atoms with van der Waals surface area (Å²) in [5, 5.41) is 7.75. The third-order valence-corrected chi connectivity index (χ3v) is 2.79. The van der Waals surface area contributed by atoms with Crippen LogP contribution in [0.2, 0.25) is 0 Å². The van der Waals surface area contributed by atoms with Crippen LogP contribution in [0, 0.1) is 0 Å². The number of oxime groups is 1. The molecule has 0 aromatic rings. The molecule has 1 heterocycles. The van der Waals surface area contributed by atoms with E-state index in [1.165, 1.54) is 7.11 Å². The van der Waals surface area contributed by atoms with Gasteiger partial charge in [0.1, 0.15) is 12.8 Å². The van der Waals surface area contributed by atoms with Crippen LogP contribution in [0.25, 0.3) is 0 Å². The van der Waals surface area contributed by atoms with E-state index in [4.69, 9.17) is 0 Å². The predicted octanol–water partition coefficient (Wildman–Crippen LogP) is -0.642. The van der Waals surface area contributed by atoms with E-state index in [1.807, 2.05) is 7.05 Å². The molecule has 1 aliphatic heterocycles. The molecule has 1 aliphatic rings. The van der Waals surface area contributed by atoms with Crippen LogP contribution in [0.1, 0.15) is 6.92 Å². The molecule has 0 aliphatic carbocycles. The van der Waals surface area contributed by atoms with Crippen LogP contribution in [-0.2, 0) is 9.63 Å². The number of hydrazone groups is 1. The molecule has 1 fully saturated rings. The minimum atomic E-state index is -0.115. The maximum atomic E-state index is 12.3. The predicted molar refractivity (Wildman–Crippen MR) is 70.7 cm³/mol. The fourth-order valence-electron chi connectivity index (χ4n) is 1.73. The molecule has 1 amide bonds. The largest absolute Gasteiger partial charge is 0.399 e. The zero-order chi connectivity index (χ0) is 13.5. The van der Waals surface area contributed by atoms with E-state index in [9.17, 15) is 4.79 Å². The summed E-state index contributed by atoms with van der Waals surface area (Å²) in [4.78, 5) is 21.0. The summed E-state index contributed by atoms with van der Waals surface area (Å²) in [5.74, 6) is -0.115. The van der Waals surface area contributed by atoms with Gasteiger partial charge in [-0.25, -0.2) is 0 Å². The summed E-state index contributed by atoms with van der Waals surface area (Å²) in [5.41, 5.74) is 3.39. The lowest BCUT2D eigenvalue weighted by Gasteiger charge is -2.32. The van der Waals surface area contributed by atoms with Gasteiger partial charge in [-0.2, -0.15) is 5.10 Å². The third kappa shape index (κ3) is 3.69. The first kappa shape index (κ1) is 14.4. The molecule has 1 N–H and O–H groups in total. The van der Waals surface area contributed by atoms with Gasteiger partial charge < -0.3 is 20.1 Å². The molecule has 0 spiro atoms. The van der Waals surface area contributed by atoms with Gasteiger partial charge in [-0.1, -0.05) is 5.16 Å². The highest BCUT2D eigenvalue weighted by atomic mass is 16.6. The van der Waals surface area contributed by atoms with Crippen LogP contribution in [-0.4, -0.2) is 74.5 Å². The zero-order valence-electron chi connectivity index (χ0n) is 11.4. The Balaban J connectivity index is 2.78. The van der Waals surface area contributed by atoms with E-state index >= 15 is 0 Å². The fraction of sp³-hybridized carbons (Fsp3) is 0.727. The van der Waals surface area contributed by atoms with E-state index in [1.54, 1.807) is 18.9 Å². The second kappa shape index (κ2) is 6.95. The number of carbonyl (C=O) groups is 1. The lowest BCUT2D eigenvalue weighted by atomic mass is 10.2. The van der Waals surface area contributed by atoms with Gasteiger partial charge in [0.05, 0.1) is 0 Å². The first-order valence-electron chi connectivity index (χ1n) is 5.90. The molecule has 1 rings (SSSR count). The van der Waals surface area contributed by atoms with Gasteiger partial charge in [0.15, 0.2) is 5.71 Å². The van der Waals surface area contributed by atoms with Gasteiger partial charge in [0, 0.05) is 33.2 Å². The molecule has 7 nitrogen and oxygen atoms in total. The molecule has 18 heavy (non-hydrogen) atoms. The third-order valence-electron chi connectivity index (χ3n) is 2.79. The average molecular weight is 255 g/mol. The average Bonchev–Trinajstić information content (AvgIpc) is 2.36. The zero-order valence-corrected chi connectivity index (χ0v) is 11.4. The molecule has 7 heteroatoms. The van der Waals surface area contributed by atoms with Gasteiger partial charge >= 0.3 is 0 Å². The fourth-order valence-corrected chi connectivity index (χ4v) is 1.73. The SMILES string of the molecule is CNN=C(C(=O)N1CCN(C)CC1)C(C)=NOC. The Hall–Kier alpha value is -1.63. The lowest BCUT2D eigenvalue weighted by Crippen LogP contribution is -2.50. The van der Waals surface area contributed by atoms with Gasteiger partial charge in [0.2, 0.25) is 0 Å². The number of nitrogens with one attached hydrogen (secondary N) is 1. The highest BCUT2D eigenvalue weighted by Gasteiger charge is 2.25. The van der Waals surface area contributed by atoms with Crippen LogP contribution in [0.3, 0.4) is 0 Å². The van der Waals surface area contributed by atoms with E-state index in [0.717, 1.165) is 13.1 Å². The second-order valence-electron chi connectivity index (χ2n) is 4.14. The van der Waals surface area contributed by atoms with Crippen molar-refractivity contribution in [3.63, 3.8) is 0 Å². The van der Waals surface area contributed by atoms with Crippen molar-refractivity contribution in [3.8, 4) is 0 Å². The number of nitrogens with zero attached hydrogens (tertiary/aromatic N) is 4. The Bertz CT molecular complexity index is 345. The Morgan fingerprint density at radius 1 is 1.28 bits per heavy atom. The molecule has 0 bridgehead atoms. The first-order valence-corrected chi connectivity index (χ1v) is 5.90. The number of rotatable bonds is 4. The maximum Gasteiger partial charge on any atom is 0.276 e. The van der Waals surface area contributed by atoms with E-state index in [2.05, 4.69) is 25.4 Å². The van der Waals surface area contributed by atoms with Crippen LogP contribution >= 0.6 is 0 Å². The van der Waals surface area contributed by atoms with E-state index in [0.29, 0.717) is 24.5 Å². The van der Waals surface area contributed by atoms with Crippen molar-refractivity contribution in [2.75, 3.05) is 47.4 Å². The Morgan fingerprint density at radius 3 is 2.39 bits per heavy atom. The summed E-state index contributed by atoms with van der Waals surface area (Å²) in [6, 6.07) is 0. The monoisotopic (exact) mass is 255 g/mol. The molecular weight excluding hydrogens is 234 g/mol. The van der Waals surface area contributed by atoms with Crippen molar-refractivity contribution in [1.82, 2.24) is 15.2 Å². The minimum absolute atomic E-state index is 0.115. The summed E-state index contributed by atoms with van der Waals surface area (Å²) >= 11 is 0. The molecule has 0 atom stereocenters. The van der Waals surface area contributed by atoms with Gasteiger partial charge in [-0.15, -0.1) is 0 Å². The number of hydrogen-bond donors (Lipinski definition) is 1. The summed E-state index contributed by atoms with van der Waals surface area (Å²) in [7, 11) is 5.14. The number of carbonyl (C=O) groups excluding carboxylic acids is 1. The molecule has 0 radical (unpaired) electrons. The highest BCUT2D eigenvalue weighted by Crippen LogP contribution is 2.02. The molecule has 0 unspecified atom stereocenters. The maximum absolute atomic E-state index is 12.3. The van der Waals surface area contributed by atoms with Crippen molar-refractivity contribution in [3.05, 3.63) is 0 Å². The summed E-state index contributed by atoms with van der Waals surface area (Å²) in [6.07, 6.45) is 0. The van der Waals surface area contributed by atoms with Gasteiger partial charge in [0.25, 0.3) is 5.91 Å². The van der Waals surface area contributed by atoms with E-state index < -0.39 is 0 Å². The summed E-state index contributed by atoms with van der Waals surface area (Å²) < 4.78 is 0. The number of likely N-dealkylation sites (N-methyl/N-ethyl adjacent to an activating group) is 1. The number of hydrogen-bond acceptors (Lipinski definition) is 6. The van der Waals surface area contributed by atoms with Crippen LogP contribution in [0.15, 0.2) is 10.3 Å². The van der Waals surface area contributed by atoms with Crippen LogP contribution < -0.4 is 5.43 Å². The molecule has 1 saturated heterocycles. The smallest absolute Gasteiger partial charge is 0.276 e. The summed E-state index contributed by atoms with van der Waals surface area (Å²) in [6.45, 7) is 4.86. The lowest BCUT2D eigenvalue weighted by molar-refractivity contribution is -0.125. The van der Waals surface area contributed by atoms with Crippen LogP contribution in [0.4, 0.5) is 0 Å². The molecule has 0 saturated carbocycles. The van der Waals surface area contributed by atoms with Gasteiger partial charge in [-0.3, -0.25) is 4.79 Å². The second-order valence-corrected chi connectivity index (χ2v) is 4.14. The van der Waals surface area contributed by atoms with Gasteiger partial charge in [-0.05, 0) is 14.0 Å². The van der Waals surface area contributed by atoms with Crippen molar-refractivity contribution in [2.45, 2.75) is 6.92 Å². The highest BCUT2D eigenvalue weighted by molar-refractivity contribution is 6.66. The topological polar surface area (TPSA) is 69.5 Å². The minimum Gasteiger partial charge on any atom is -0.399 e. The number of amides is 1. The normalized spacial score (nSPS) is 18.8. The molecule has 0 aromatic carbocycles. The van der Waals surface area contributed by atoms with Crippen molar-refractivity contribution >= 4 is 17.3 Å². The first-order chi connectivity index (χ1) is 8.60. The van der Waals surface area contributed by atoms with Crippen molar-refractivity contribution < 1.29 is 9.63 Å². The standard InChI is InChI=1S/C11H21N5O2/c1-9(14-18-4)10(13-12-2)11(17)16-7-5-15(3)6-8-16/h12H,5-8H2,1-4H3. The molecule has 102 valence electrons. The molecular formula is C11H21N5O2.